The first-order chi connectivity index (χ1) is 29.2. The van der Waals surface area contributed by atoms with E-state index in [1.54, 1.807) is 53.2 Å². The van der Waals surface area contributed by atoms with Crippen molar-refractivity contribution in [1.29, 1.82) is 0 Å². The second-order valence-corrected chi connectivity index (χ2v) is 17.0. The normalized spacial score (nSPS) is 12.2. The van der Waals surface area contributed by atoms with Crippen LogP contribution in [0.5, 0.6) is 0 Å². The number of sulfonamides is 2. The van der Waals surface area contributed by atoms with Crippen molar-refractivity contribution < 1.29 is 52.8 Å². The van der Waals surface area contributed by atoms with E-state index >= 15 is 0 Å². The lowest BCUT2D eigenvalue weighted by Gasteiger charge is -2.14. The van der Waals surface area contributed by atoms with Crippen molar-refractivity contribution in [3.8, 4) is 0 Å². The Balaban J connectivity index is 1.18. The zero-order chi connectivity index (χ0) is 45.0. The molecule has 0 aliphatic carbocycles. The molecular formula is C40H35F6N7O7S2. The molecule has 0 atom stereocenters. The molecule has 0 spiro atoms. The van der Waals surface area contributed by atoms with Crippen LogP contribution in [0.15, 0.2) is 114 Å². The number of benzene rings is 4. The van der Waals surface area contributed by atoms with Crippen LogP contribution in [0.1, 0.15) is 57.4 Å². The summed E-state index contributed by atoms with van der Waals surface area (Å²) in [4.78, 5) is 44.8. The van der Waals surface area contributed by atoms with E-state index in [1.165, 1.54) is 50.4 Å². The van der Waals surface area contributed by atoms with E-state index < -0.39 is 54.3 Å². The Morgan fingerprint density at radius 2 is 1.10 bits per heavy atom. The smallest absolute Gasteiger partial charge is 0.322 e. The van der Waals surface area contributed by atoms with Crippen LogP contribution in [0.3, 0.4) is 0 Å². The highest BCUT2D eigenvalue weighted by Crippen LogP contribution is 2.29. The summed E-state index contributed by atoms with van der Waals surface area (Å²) in [7, 11) is -11.6. The van der Waals surface area contributed by atoms with Gasteiger partial charge in [0.25, 0.3) is 17.4 Å². The third-order valence-electron chi connectivity index (χ3n) is 9.26. The van der Waals surface area contributed by atoms with Crippen molar-refractivity contribution in [2.24, 2.45) is 0 Å². The zero-order valence-electron chi connectivity index (χ0n) is 32.2. The van der Waals surface area contributed by atoms with Gasteiger partial charge in [0, 0.05) is 30.5 Å². The Hall–Kier alpha value is -6.68. The molecule has 0 saturated heterocycles. The lowest BCUT2D eigenvalue weighted by atomic mass is 10.1. The number of alkyl halides is 6. The first kappa shape index (κ1) is 44.9. The fraction of sp³-hybridized carbons (Fsp3) is 0.200. The van der Waals surface area contributed by atoms with Crippen LogP contribution in [0, 0.1) is 0 Å². The van der Waals surface area contributed by atoms with E-state index in [-0.39, 0.29) is 41.2 Å². The van der Waals surface area contributed by atoms with Crippen LogP contribution in [0.2, 0.25) is 0 Å². The molecule has 0 radical (unpaired) electrons. The molecule has 4 aromatic carbocycles. The minimum atomic E-state index is -5.79. The predicted molar refractivity (Wildman–Crippen MR) is 220 cm³/mol. The van der Waals surface area contributed by atoms with Gasteiger partial charge >= 0.3 is 31.1 Å². The van der Waals surface area contributed by atoms with E-state index in [0.29, 0.717) is 34.4 Å². The number of aromatic nitrogens is 3. The summed E-state index contributed by atoms with van der Waals surface area (Å²) in [6.07, 6.45) is 3.77. The molecule has 2 aromatic heterocycles. The maximum absolute atomic E-state index is 14.0. The molecule has 4 N–H and O–H groups in total. The molecule has 6 aromatic rings. The van der Waals surface area contributed by atoms with Gasteiger partial charge in [0.05, 0.1) is 34.6 Å². The number of fused-ring (bicyclic) bond motifs is 1. The van der Waals surface area contributed by atoms with Crippen molar-refractivity contribution in [2.45, 2.75) is 50.3 Å². The summed E-state index contributed by atoms with van der Waals surface area (Å²) in [6, 6.07) is 24.0. The van der Waals surface area contributed by atoms with Crippen LogP contribution in [0.25, 0.3) is 11.0 Å². The zero-order valence-corrected chi connectivity index (χ0v) is 33.8. The van der Waals surface area contributed by atoms with Crippen LogP contribution in [-0.2, 0) is 39.6 Å². The van der Waals surface area contributed by atoms with E-state index in [9.17, 15) is 57.6 Å². The minimum Gasteiger partial charge on any atom is -0.322 e. The molecule has 14 nitrogen and oxygen atoms in total. The third-order valence-corrected chi connectivity index (χ3v) is 11.5. The number of para-hydroxylation sites is 2. The van der Waals surface area contributed by atoms with Gasteiger partial charge in [-0.1, -0.05) is 61.9 Å². The second-order valence-electron chi connectivity index (χ2n) is 13.7. The van der Waals surface area contributed by atoms with Crippen molar-refractivity contribution in [3.63, 3.8) is 0 Å². The number of pyridine rings is 1. The van der Waals surface area contributed by atoms with E-state index in [1.807, 2.05) is 6.92 Å². The van der Waals surface area contributed by atoms with Crippen LogP contribution in [0.4, 0.5) is 49.1 Å². The number of aryl methyl sites for hydroxylation is 1. The average molecular weight is 904 g/mol. The molecule has 0 bridgehead atoms. The first-order valence-corrected chi connectivity index (χ1v) is 21.4. The van der Waals surface area contributed by atoms with Gasteiger partial charge in [0.1, 0.15) is 11.3 Å². The van der Waals surface area contributed by atoms with Crippen molar-refractivity contribution in [1.82, 2.24) is 14.1 Å². The van der Waals surface area contributed by atoms with E-state index in [4.69, 9.17) is 4.98 Å². The highest BCUT2D eigenvalue weighted by molar-refractivity contribution is 7.93. The monoisotopic (exact) mass is 903 g/mol. The number of amides is 2. The summed E-state index contributed by atoms with van der Waals surface area (Å²) in [5.74, 6) is -1.10. The molecule has 0 aliphatic heterocycles. The number of nitrogens with zero attached hydrogens (tertiary/aromatic N) is 3. The molecule has 0 unspecified atom stereocenters. The van der Waals surface area contributed by atoms with Crippen molar-refractivity contribution >= 4 is 65.6 Å². The molecule has 326 valence electrons. The molecule has 22 heteroatoms. The highest BCUT2D eigenvalue weighted by atomic mass is 32.2. The number of unbranched alkanes of at least 4 members (excludes halogenated alkanes) is 1. The number of nitrogens with one attached hydrogen (secondary N) is 4. The Morgan fingerprint density at radius 1 is 0.645 bits per heavy atom. The number of rotatable bonds is 15. The lowest BCUT2D eigenvalue weighted by molar-refractivity contribution is -0.0435. The van der Waals surface area contributed by atoms with Crippen LogP contribution < -0.4 is 25.6 Å². The van der Waals surface area contributed by atoms with Gasteiger partial charge in [-0.15, -0.1) is 0 Å². The molecule has 0 fully saturated rings. The quantitative estimate of drug-likeness (QED) is 0.0756. The average Bonchev–Trinajstić information content (AvgIpc) is 3.56. The van der Waals surface area contributed by atoms with Crippen molar-refractivity contribution in [2.75, 3.05) is 20.1 Å². The largest absolute Gasteiger partial charge is 0.516 e. The van der Waals surface area contributed by atoms with Gasteiger partial charge in [-0.05, 0) is 72.1 Å². The van der Waals surface area contributed by atoms with E-state index in [0.717, 1.165) is 37.1 Å². The molecule has 2 heterocycles. The topological polar surface area (TPSA) is 190 Å². The number of hydrogen-bond donors (Lipinski definition) is 4. The fourth-order valence-electron chi connectivity index (χ4n) is 6.15. The maximum Gasteiger partial charge on any atom is 0.516 e. The highest BCUT2D eigenvalue weighted by Gasteiger charge is 2.47. The summed E-state index contributed by atoms with van der Waals surface area (Å²) < 4.78 is 131. The predicted octanol–water partition coefficient (Wildman–Crippen LogP) is 7.66. The molecule has 2 amide bonds. The molecule has 0 aliphatic rings. The molecule has 62 heavy (non-hydrogen) atoms. The summed E-state index contributed by atoms with van der Waals surface area (Å²) in [5.41, 5.74) is -10.8. The molecule has 6 rings (SSSR count). The Morgan fingerprint density at radius 3 is 1.55 bits per heavy atom. The summed E-state index contributed by atoms with van der Waals surface area (Å²) in [6.45, 7) is 2.30. The lowest BCUT2D eigenvalue weighted by Crippen LogP contribution is -2.30. The fourth-order valence-corrected chi connectivity index (χ4v) is 7.32. The van der Waals surface area contributed by atoms with E-state index in [2.05, 4.69) is 10.6 Å². The molecular weight excluding hydrogens is 869 g/mol. The molecule has 0 saturated carbocycles. The first-order valence-electron chi connectivity index (χ1n) is 18.4. The SMILES string of the molecule is CCCCc1nc2ccn(Cc3ccc(NC(=O)c4ccccc4NS(=O)(=O)C(F)(F)F)cc3)c(=O)c2n1Cc1ccc(NC(=O)c2ccccc2NS(=O)(=O)C(F)(F)F)cc1. The van der Waals surface area contributed by atoms with Gasteiger partial charge in [0.2, 0.25) is 0 Å². The number of carbonyl (C=O) groups is 2. The van der Waals surface area contributed by atoms with Gasteiger partial charge in [0.15, 0.2) is 0 Å². The number of imidazole rings is 1. The Labute approximate surface area is 349 Å². The number of carbonyl (C=O) groups excluding carboxylic acids is 2. The van der Waals surface area contributed by atoms with Gasteiger partial charge in [-0.3, -0.25) is 23.8 Å². The third kappa shape index (κ3) is 10.1. The number of anilines is 4. The van der Waals surface area contributed by atoms with Crippen LogP contribution >= 0.6 is 0 Å². The minimum absolute atomic E-state index is 0.0930. The summed E-state index contributed by atoms with van der Waals surface area (Å²) >= 11 is 0. The Bertz CT molecular complexity index is 2920. The van der Waals surface area contributed by atoms with Gasteiger partial charge < -0.3 is 19.8 Å². The number of halogens is 6. The van der Waals surface area contributed by atoms with Crippen molar-refractivity contribution in [3.05, 3.63) is 148 Å². The summed E-state index contributed by atoms with van der Waals surface area (Å²) in [5, 5.41) is 5.07. The van der Waals surface area contributed by atoms with Gasteiger partial charge in [-0.25, -0.2) is 4.98 Å². The maximum atomic E-state index is 14.0. The van der Waals surface area contributed by atoms with Crippen LogP contribution in [-0.4, -0.2) is 53.8 Å². The van der Waals surface area contributed by atoms with Gasteiger partial charge in [-0.2, -0.15) is 43.2 Å². The second kappa shape index (κ2) is 17.7. The Kier molecular flexibility index (Phi) is 12.8. The number of hydrogen-bond acceptors (Lipinski definition) is 8. The standard InChI is InChI=1S/C40H35F6N7O7S2/c1-2-3-12-34-49-33-21-22-52(23-25-13-17-27(18-14-25)47-36(54)29-8-4-6-10-31(29)50-61(57,58)39(41,42)43)38(56)35(33)53(34)24-26-15-19-28(20-16-26)48-37(55)30-9-5-7-11-32(30)51-62(59,60)40(44,45)46/h4-11,13-22,50-51H,2-3,12,23-24H2,1H3,(H,47,54)(H,48,55).